The summed E-state index contributed by atoms with van der Waals surface area (Å²) >= 11 is 0. The molecule has 2 N–H and O–H groups in total. The van der Waals surface area contributed by atoms with Gasteiger partial charge in [-0.25, -0.2) is 8.78 Å². The molecular formula is C21H22F2N4O2. The van der Waals surface area contributed by atoms with Crippen LogP contribution in [0.1, 0.15) is 38.7 Å². The van der Waals surface area contributed by atoms with Gasteiger partial charge in [0, 0.05) is 34.3 Å². The number of hydrogen-bond donors (Lipinski definition) is 2. The van der Waals surface area contributed by atoms with Crippen LogP contribution in [0.25, 0.3) is 22.0 Å². The molecule has 2 aromatic heterocycles. The van der Waals surface area contributed by atoms with Gasteiger partial charge in [0.05, 0.1) is 18.2 Å². The van der Waals surface area contributed by atoms with Crippen molar-refractivity contribution in [2.45, 2.75) is 44.8 Å². The SMILES string of the molecule is CC1(C)CC[C@@H](Nc2nnc(-c3ccc(C(F)F)cc3O)c3ccncc23)CO1. The molecule has 3 heterocycles. The zero-order valence-corrected chi connectivity index (χ0v) is 16.2. The van der Waals surface area contributed by atoms with E-state index in [1.807, 2.05) is 0 Å². The topological polar surface area (TPSA) is 80.2 Å². The van der Waals surface area contributed by atoms with Gasteiger partial charge in [-0.3, -0.25) is 4.98 Å². The molecule has 0 amide bonds. The first kappa shape index (κ1) is 19.4. The minimum Gasteiger partial charge on any atom is -0.507 e. The smallest absolute Gasteiger partial charge is 0.263 e. The highest BCUT2D eigenvalue weighted by Gasteiger charge is 2.28. The zero-order chi connectivity index (χ0) is 20.6. The number of anilines is 1. The number of phenols is 1. The Morgan fingerprint density at radius 1 is 1.21 bits per heavy atom. The Labute approximate surface area is 166 Å². The van der Waals surface area contributed by atoms with Crippen molar-refractivity contribution in [3.05, 3.63) is 42.2 Å². The Balaban J connectivity index is 1.69. The summed E-state index contributed by atoms with van der Waals surface area (Å²) in [6.45, 7) is 4.71. The number of alkyl halides is 2. The third kappa shape index (κ3) is 3.98. The van der Waals surface area contributed by atoms with Crippen molar-refractivity contribution in [1.29, 1.82) is 0 Å². The first-order valence-electron chi connectivity index (χ1n) is 9.46. The first-order valence-corrected chi connectivity index (χ1v) is 9.46. The molecular weight excluding hydrogens is 378 g/mol. The number of pyridine rings is 1. The van der Waals surface area contributed by atoms with Crippen molar-refractivity contribution in [1.82, 2.24) is 15.2 Å². The highest BCUT2D eigenvalue weighted by Crippen LogP contribution is 2.36. The lowest BCUT2D eigenvalue weighted by Gasteiger charge is -2.35. The fraction of sp³-hybridized carbons (Fsp3) is 0.381. The molecule has 3 aromatic rings. The van der Waals surface area contributed by atoms with Gasteiger partial charge in [-0.05, 0) is 44.9 Å². The number of halogens is 2. The lowest BCUT2D eigenvalue weighted by molar-refractivity contribution is -0.0563. The van der Waals surface area contributed by atoms with Crippen molar-refractivity contribution in [2.24, 2.45) is 0 Å². The maximum Gasteiger partial charge on any atom is 0.263 e. The second-order valence-electron chi connectivity index (χ2n) is 7.85. The molecule has 1 aromatic carbocycles. The van der Waals surface area contributed by atoms with Crippen LogP contribution in [-0.2, 0) is 4.74 Å². The Morgan fingerprint density at radius 2 is 2.03 bits per heavy atom. The second kappa shape index (κ2) is 7.51. The van der Waals surface area contributed by atoms with Crippen molar-refractivity contribution >= 4 is 16.6 Å². The molecule has 1 aliphatic heterocycles. The largest absolute Gasteiger partial charge is 0.507 e. The Hall–Kier alpha value is -2.87. The lowest BCUT2D eigenvalue weighted by Crippen LogP contribution is -2.40. The first-order chi connectivity index (χ1) is 13.8. The summed E-state index contributed by atoms with van der Waals surface area (Å²) in [6.07, 6.45) is 2.50. The van der Waals surface area contributed by atoms with Gasteiger partial charge in [0.1, 0.15) is 11.4 Å². The highest BCUT2D eigenvalue weighted by atomic mass is 19.3. The molecule has 6 nitrogen and oxygen atoms in total. The van der Waals surface area contributed by atoms with E-state index in [1.165, 1.54) is 12.1 Å². The number of nitrogens with one attached hydrogen (secondary N) is 1. The van der Waals surface area contributed by atoms with E-state index in [-0.39, 0.29) is 23.0 Å². The van der Waals surface area contributed by atoms with Crippen LogP contribution in [0.15, 0.2) is 36.7 Å². The zero-order valence-electron chi connectivity index (χ0n) is 16.2. The molecule has 0 bridgehead atoms. The molecule has 1 saturated heterocycles. The number of ether oxygens (including phenoxy) is 1. The predicted octanol–water partition coefficient (Wildman–Crippen LogP) is 4.70. The Morgan fingerprint density at radius 3 is 2.72 bits per heavy atom. The fourth-order valence-corrected chi connectivity index (χ4v) is 3.50. The minimum atomic E-state index is -2.66. The fourth-order valence-electron chi connectivity index (χ4n) is 3.50. The summed E-state index contributed by atoms with van der Waals surface area (Å²) in [7, 11) is 0. The van der Waals surface area contributed by atoms with Crippen molar-refractivity contribution in [3.8, 4) is 17.0 Å². The number of fused-ring (bicyclic) bond motifs is 1. The van der Waals surface area contributed by atoms with Crippen molar-refractivity contribution in [3.63, 3.8) is 0 Å². The second-order valence-corrected chi connectivity index (χ2v) is 7.85. The molecule has 4 rings (SSSR count). The van der Waals surface area contributed by atoms with Gasteiger partial charge in [0.2, 0.25) is 0 Å². The maximum absolute atomic E-state index is 12.9. The summed E-state index contributed by atoms with van der Waals surface area (Å²) in [5.74, 6) is 0.313. The monoisotopic (exact) mass is 400 g/mol. The highest BCUT2D eigenvalue weighted by molar-refractivity contribution is 6.00. The van der Waals surface area contributed by atoms with Crippen LogP contribution >= 0.6 is 0 Å². The quantitative estimate of drug-likeness (QED) is 0.661. The number of benzene rings is 1. The number of phenolic OH excluding ortho intramolecular Hbond substituents is 1. The van der Waals surface area contributed by atoms with Gasteiger partial charge in [-0.2, -0.15) is 0 Å². The standard InChI is InChI=1S/C21H22F2N4O2/c1-21(2)7-5-13(11-29-21)25-20-16-10-24-8-6-14(16)18(26-27-20)15-4-3-12(19(22)23)9-17(15)28/h3-4,6,8-10,13,19,28H,5,7,11H2,1-2H3,(H,25,27)/t13-/m1/s1. The van der Waals surface area contributed by atoms with Gasteiger partial charge in [-0.1, -0.05) is 6.07 Å². The van der Waals surface area contributed by atoms with Gasteiger partial charge in [-0.15, -0.1) is 10.2 Å². The van der Waals surface area contributed by atoms with E-state index >= 15 is 0 Å². The maximum atomic E-state index is 12.9. The van der Waals surface area contributed by atoms with E-state index in [1.54, 1.807) is 18.5 Å². The molecule has 1 atom stereocenters. The lowest BCUT2D eigenvalue weighted by atomic mass is 9.95. The molecule has 152 valence electrons. The number of aromatic hydroxyl groups is 1. The van der Waals surface area contributed by atoms with Crippen LogP contribution in [-0.4, -0.2) is 38.5 Å². The average molecular weight is 400 g/mol. The van der Waals surface area contributed by atoms with E-state index in [2.05, 4.69) is 34.3 Å². The van der Waals surface area contributed by atoms with E-state index in [4.69, 9.17) is 4.74 Å². The molecule has 0 unspecified atom stereocenters. The van der Waals surface area contributed by atoms with E-state index in [0.29, 0.717) is 23.7 Å². The average Bonchev–Trinajstić information content (AvgIpc) is 2.70. The molecule has 1 fully saturated rings. The molecule has 0 spiro atoms. The number of aromatic nitrogens is 3. The summed E-state index contributed by atoms with van der Waals surface area (Å²) in [5, 5.41) is 23.7. The van der Waals surface area contributed by atoms with E-state index < -0.39 is 6.43 Å². The van der Waals surface area contributed by atoms with Gasteiger partial charge in [0.25, 0.3) is 6.43 Å². The third-order valence-electron chi connectivity index (χ3n) is 5.22. The van der Waals surface area contributed by atoms with E-state index in [0.717, 1.165) is 29.7 Å². The number of hydrogen-bond acceptors (Lipinski definition) is 6. The Kier molecular flexibility index (Phi) is 5.04. The van der Waals surface area contributed by atoms with Crippen LogP contribution in [0.4, 0.5) is 14.6 Å². The van der Waals surface area contributed by atoms with Crippen LogP contribution in [0.2, 0.25) is 0 Å². The number of nitrogens with zero attached hydrogens (tertiary/aromatic N) is 3. The summed E-state index contributed by atoms with van der Waals surface area (Å²) in [5.41, 5.74) is 0.377. The predicted molar refractivity (Wildman–Crippen MR) is 106 cm³/mol. The van der Waals surface area contributed by atoms with Crippen LogP contribution < -0.4 is 5.32 Å². The van der Waals surface area contributed by atoms with Crippen LogP contribution in [0.3, 0.4) is 0 Å². The molecule has 29 heavy (non-hydrogen) atoms. The summed E-state index contributed by atoms with van der Waals surface area (Å²) < 4.78 is 31.7. The summed E-state index contributed by atoms with van der Waals surface area (Å²) in [6, 6.07) is 5.64. The summed E-state index contributed by atoms with van der Waals surface area (Å²) in [4.78, 5) is 4.18. The van der Waals surface area contributed by atoms with Crippen LogP contribution in [0, 0.1) is 0 Å². The van der Waals surface area contributed by atoms with Crippen LogP contribution in [0.5, 0.6) is 5.75 Å². The van der Waals surface area contributed by atoms with Gasteiger partial charge < -0.3 is 15.2 Å². The Bertz CT molecular complexity index is 1030. The van der Waals surface area contributed by atoms with E-state index in [9.17, 15) is 13.9 Å². The number of rotatable bonds is 4. The van der Waals surface area contributed by atoms with Crippen molar-refractivity contribution < 1.29 is 18.6 Å². The van der Waals surface area contributed by atoms with Gasteiger partial charge >= 0.3 is 0 Å². The normalized spacial score (nSPS) is 18.9. The minimum absolute atomic E-state index is 0.102. The van der Waals surface area contributed by atoms with Gasteiger partial charge in [0.15, 0.2) is 5.82 Å². The molecule has 8 heteroatoms. The molecule has 1 aliphatic rings. The molecule has 0 aliphatic carbocycles. The molecule has 0 radical (unpaired) electrons. The third-order valence-corrected chi connectivity index (χ3v) is 5.22. The molecule has 0 saturated carbocycles. The van der Waals surface area contributed by atoms with Crippen molar-refractivity contribution in [2.75, 3.05) is 11.9 Å².